The molecule has 140 valence electrons. The van der Waals surface area contributed by atoms with Gasteiger partial charge in [0.25, 0.3) is 0 Å². The van der Waals surface area contributed by atoms with Crippen LogP contribution in [0.5, 0.6) is 0 Å². The van der Waals surface area contributed by atoms with Gasteiger partial charge in [0.2, 0.25) is 0 Å². The Kier molecular flexibility index (Phi) is 6.60. The monoisotopic (exact) mass is 355 g/mol. The molecule has 0 unspecified atom stereocenters. The van der Waals surface area contributed by atoms with Crippen molar-refractivity contribution in [2.45, 2.75) is 38.9 Å². The van der Waals surface area contributed by atoms with Crippen molar-refractivity contribution in [3.05, 3.63) is 48.0 Å². The van der Waals surface area contributed by atoms with Crippen molar-refractivity contribution in [1.82, 2.24) is 30.3 Å². The minimum Gasteiger partial charge on any atom is -0.357 e. The molecule has 2 N–H and O–H groups in total. The van der Waals surface area contributed by atoms with Crippen LogP contribution in [0.1, 0.15) is 31.2 Å². The van der Waals surface area contributed by atoms with Gasteiger partial charge in [-0.2, -0.15) is 5.10 Å². The highest BCUT2D eigenvalue weighted by atomic mass is 15.3. The number of guanidine groups is 1. The molecule has 3 rings (SSSR count). The second-order valence-corrected chi connectivity index (χ2v) is 6.68. The lowest BCUT2D eigenvalue weighted by Crippen LogP contribution is -2.48. The summed E-state index contributed by atoms with van der Waals surface area (Å²) < 4.78 is 1.76. The summed E-state index contributed by atoms with van der Waals surface area (Å²) in [6, 6.07) is 11.2. The van der Waals surface area contributed by atoms with Gasteiger partial charge in [-0.3, -0.25) is 9.58 Å². The summed E-state index contributed by atoms with van der Waals surface area (Å²) in [5.74, 6) is 1.72. The number of likely N-dealkylation sites (tertiary alicyclic amines) is 1. The van der Waals surface area contributed by atoms with Crippen molar-refractivity contribution in [2.24, 2.45) is 12.0 Å². The van der Waals surface area contributed by atoms with Crippen LogP contribution >= 0.6 is 0 Å². The third-order valence-electron chi connectivity index (χ3n) is 4.71. The lowest BCUT2D eigenvalue weighted by atomic mass is 10.0. The van der Waals surface area contributed by atoms with Gasteiger partial charge in [0.1, 0.15) is 18.7 Å². The first-order valence-electron chi connectivity index (χ1n) is 9.38. The van der Waals surface area contributed by atoms with Gasteiger partial charge in [0, 0.05) is 39.3 Å². The highest BCUT2D eigenvalue weighted by Gasteiger charge is 2.20. The third-order valence-corrected chi connectivity index (χ3v) is 4.71. The Labute approximate surface area is 155 Å². The Morgan fingerprint density at radius 1 is 1.23 bits per heavy atom. The lowest BCUT2D eigenvalue weighted by molar-refractivity contribution is 0.198. The molecule has 1 aromatic carbocycles. The average Bonchev–Trinajstić information content (AvgIpc) is 3.07. The van der Waals surface area contributed by atoms with Crippen LogP contribution in [0.15, 0.2) is 41.7 Å². The Hall–Kier alpha value is -2.41. The molecule has 26 heavy (non-hydrogen) atoms. The molecule has 0 aliphatic carbocycles. The summed E-state index contributed by atoms with van der Waals surface area (Å²) in [7, 11) is 1.89. The summed E-state index contributed by atoms with van der Waals surface area (Å²) in [5, 5.41) is 11.0. The predicted octanol–water partition coefficient (Wildman–Crippen LogP) is 1.53. The van der Waals surface area contributed by atoms with Crippen LogP contribution in [0.4, 0.5) is 0 Å². The van der Waals surface area contributed by atoms with Crippen LogP contribution < -0.4 is 10.6 Å². The summed E-state index contributed by atoms with van der Waals surface area (Å²) in [6.07, 6.45) is 3.82. The van der Waals surface area contributed by atoms with Gasteiger partial charge < -0.3 is 10.6 Å². The maximum absolute atomic E-state index is 4.66. The van der Waals surface area contributed by atoms with Crippen molar-refractivity contribution >= 4 is 5.96 Å². The molecular weight excluding hydrogens is 326 g/mol. The largest absolute Gasteiger partial charge is 0.357 e. The number of nitrogens with one attached hydrogen (secondary N) is 2. The zero-order valence-corrected chi connectivity index (χ0v) is 15.7. The van der Waals surface area contributed by atoms with Crippen LogP contribution in [-0.4, -0.2) is 51.3 Å². The van der Waals surface area contributed by atoms with E-state index in [-0.39, 0.29) is 0 Å². The molecule has 2 heterocycles. The minimum absolute atomic E-state index is 0.458. The molecule has 2 aromatic rings. The minimum atomic E-state index is 0.458. The maximum atomic E-state index is 4.66. The van der Waals surface area contributed by atoms with E-state index in [9.17, 15) is 0 Å². The van der Waals surface area contributed by atoms with E-state index in [1.165, 1.54) is 5.56 Å². The summed E-state index contributed by atoms with van der Waals surface area (Å²) >= 11 is 0. The highest BCUT2D eigenvalue weighted by Crippen LogP contribution is 2.13. The van der Waals surface area contributed by atoms with E-state index in [0.717, 1.165) is 50.8 Å². The standard InChI is InChI=1S/C19H29N7/c1-3-20-19(21-13-18-22-15-23-25(18)2)24-17-9-11-26(12-10-17)14-16-7-5-4-6-8-16/h4-8,15,17H,3,9-14H2,1-2H3,(H2,20,21,24). The number of aliphatic imine (C=N–C) groups is 1. The van der Waals surface area contributed by atoms with E-state index < -0.39 is 0 Å². The smallest absolute Gasteiger partial charge is 0.191 e. The maximum Gasteiger partial charge on any atom is 0.191 e. The third kappa shape index (κ3) is 5.29. The SMILES string of the molecule is CCNC(=NCc1ncnn1C)NC1CCN(Cc2ccccc2)CC1. The number of rotatable bonds is 6. The van der Waals surface area contributed by atoms with Crippen LogP contribution in [-0.2, 0) is 20.1 Å². The van der Waals surface area contributed by atoms with Gasteiger partial charge >= 0.3 is 0 Å². The van der Waals surface area contributed by atoms with Crippen LogP contribution in [0.25, 0.3) is 0 Å². The topological polar surface area (TPSA) is 70.4 Å². The van der Waals surface area contributed by atoms with E-state index in [1.807, 2.05) is 7.05 Å². The fourth-order valence-corrected chi connectivity index (χ4v) is 3.20. The van der Waals surface area contributed by atoms with Crippen LogP contribution in [0, 0.1) is 0 Å². The molecule has 0 spiro atoms. The molecule has 1 fully saturated rings. The highest BCUT2D eigenvalue weighted by molar-refractivity contribution is 5.80. The first-order chi connectivity index (χ1) is 12.7. The summed E-state index contributed by atoms with van der Waals surface area (Å²) in [4.78, 5) is 11.4. The Morgan fingerprint density at radius 3 is 2.65 bits per heavy atom. The van der Waals surface area contributed by atoms with E-state index in [1.54, 1.807) is 11.0 Å². The average molecular weight is 355 g/mol. The first kappa shape index (κ1) is 18.4. The van der Waals surface area contributed by atoms with Crippen molar-refractivity contribution in [1.29, 1.82) is 0 Å². The number of hydrogen-bond donors (Lipinski definition) is 2. The van der Waals surface area contributed by atoms with Crippen molar-refractivity contribution in [3.8, 4) is 0 Å². The van der Waals surface area contributed by atoms with Gasteiger partial charge in [-0.25, -0.2) is 9.98 Å². The van der Waals surface area contributed by atoms with Gasteiger partial charge in [-0.1, -0.05) is 30.3 Å². The molecule has 0 bridgehead atoms. The fourth-order valence-electron chi connectivity index (χ4n) is 3.20. The molecular formula is C19H29N7. The van der Waals surface area contributed by atoms with Crippen LogP contribution in [0.2, 0.25) is 0 Å². The van der Waals surface area contributed by atoms with Gasteiger partial charge in [0.05, 0.1) is 0 Å². The Morgan fingerprint density at radius 2 is 2.00 bits per heavy atom. The van der Waals surface area contributed by atoms with Gasteiger partial charge in [0.15, 0.2) is 5.96 Å². The second kappa shape index (κ2) is 9.33. The summed E-state index contributed by atoms with van der Waals surface area (Å²) in [6.45, 7) is 6.70. The molecule has 7 heteroatoms. The Balaban J connectivity index is 1.48. The molecule has 1 aliphatic rings. The van der Waals surface area contributed by atoms with E-state index >= 15 is 0 Å². The van der Waals surface area contributed by atoms with Crippen molar-refractivity contribution < 1.29 is 0 Å². The molecule has 1 aliphatic heterocycles. The molecule has 0 amide bonds. The first-order valence-corrected chi connectivity index (χ1v) is 9.38. The Bertz CT molecular complexity index is 687. The molecule has 0 atom stereocenters. The van der Waals surface area contributed by atoms with E-state index in [2.05, 4.69) is 67.9 Å². The normalized spacial score (nSPS) is 16.6. The number of aryl methyl sites for hydroxylation is 1. The summed E-state index contributed by atoms with van der Waals surface area (Å²) in [5.41, 5.74) is 1.39. The quantitative estimate of drug-likeness (QED) is 0.607. The van der Waals surface area contributed by atoms with Crippen molar-refractivity contribution in [3.63, 3.8) is 0 Å². The number of benzene rings is 1. The number of hydrogen-bond acceptors (Lipinski definition) is 4. The molecule has 0 saturated carbocycles. The number of piperidine rings is 1. The second-order valence-electron chi connectivity index (χ2n) is 6.68. The fraction of sp³-hybridized carbons (Fsp3) is 0.526. The number of nitrogens with zero attached hydrogens (tertiary/aromatic N) is 5. The molecule has 1 aromatic heterocycles. The lowest BCUT2D eigenvalue weighted by Gasteiger charge is -2.33. The van der Waals surface area contributed by atoms with E-state index in [0.29, 0.717) is 12.6 Å². The van der Waals surface area contributed by atoms with Gasteiger partial charge in [-0.05, 0) is 25.3 Å². The zero-order valence-electron chi connectivity index (χ0n) is 15.7. The molecule has 7 nitrogen and oxygen atoms in total. The van der Waals surface area contributed by atoms with E-state index in [4.69, 9.17) is 0 Å². The van der Waals surface area contributed by atoms with Crippen LogP contribution in [0.3, 0.4) is 0 Å². The zero-order chi connectivity index (χ0) is 18.2. The van der Waals surface area contributed by atoms with Gasteiger partial charge in [-0.15, -0.1) is 0 Å². The predicted molar refractivity (Wildman–Crippen MR) is 104 cm³/mol. The molecule has 1 saturated heterocycles. The number of aromatic nitrogens is 3. The van der Waals surface area contributed by atoms with Crippen molar-refractivity contribution in [2.75, 3.05) is 19.6 Å². The molecule has 0 radical (unpaired) electrons.